The first kappa shape index (κ1) is 18.9. The number of carbonyl (C=O) groups is 2. The lowest BCUT2D eigenvalue weighted by Crippen LogP contribution is -2.35. The van der Waals surface area contributed by atoms with Crippen LogP contribution in [0.4, 0.5) is 5.82 Å². The third-order valence-electron chi connectivity index (χ3n) is 4.18. The first-order valence-electron chi connectivity index (χ1n) is 8.04. The van der Waals surface area contributed by atoms with Gasteiger partial charge in [-0.3, -0.25) is 14.3 Å². The second-order valence-corrected chi connectivity index (χ2v) is 5.66. The maximum absolute atomic E-state index is 11.7. The van der Waals surface area contributed by atoms with Crippen molar-refractivity contribution in [3.63, 3.8) is 0 Å². The lowest BCUT2D eigenvalue weighted by atomic mass is 9.92. The second-order valence-electron chi connectivity index (χ2n) is 5.66. The summed E-state index contributed by atoms with van der Waals surface area (Å²) in [6.45, 7) is 5.10. The number of aromatic nitrogens is 3. The Bertz CT molecular complexity index is 868. The molecular weight excluding hydrogens is 336 g/mol. The summed E-state index contributed by atoms with van der Waals surface area (Å²) < 4.78 is 1.80. The molecule has 0 aliphatic carbocycles. The minimum absolute atomic E-state index is 0.0150. The Morgan fingerprint density at radius 3 is 2.77 bits per heavy atom. The van der Waals surface area contributed by atoms with Crippen LogP contribution in [0, 0.1) is 11.3 Å². The van der Waals surface area contributed by atoms with Crippen molar-refractivity contribution in [2.24, 2.45) is 0 Å². The molecule has 1 aliphatic heterocycles. The van der Waals surface area contributed by atoms with E-state index in [1.807, 2.05) is 13.1 Å². The third kappa shape index (κ3) is 3.64. The molecule has 0 spiro atoms. The lowest BCUT2D eigenvalue weighted by Gasteiger charge is -2.29. The van der Waals surface area contributed by atoms with Crippen molar-refractivity contribution >= 4 is 18.2 Å². The van der Waals surface area contributed by atoms with Gasteiger partial charge < -0.3 is 15.7 Å². The average Bonchev–Trinajstić information content (AvgIpc) is 3.09. The van der Waals surface area contributed by atoms with E-state index in [4.69, 9.17) is 15.6 Å². The number of nitrogen functional groups attached to an aromatic ring is 1. The zero-order valence-electron chi connectivity index (χ0n) is 14.6. The van der Waals surface area contributed by atoms with Crippen LogP contribution in [0.3, 0.4) is 0 Å². The average molecular weight is 356 g/mol. The van der Waals surface area contributed by atoms with E-state index in [0.717, 1.165) is 28.9 Å². The summed E-state index contributed by atoms with van der Waals surface area (Å²) in [5.41, 5.74) is 9.68. The highest BCUT2D eigenvalue weighted by molar-refractivity contribution is 5.80. The van der Waals surface area contributed by atoms with Crippen LogP contribution in [0.1, 0.15) is 30.7 Å². The number of pyridine rings is 1. The van der Waals surface area contributed by atoms with E-state index < -0.39 is 0 Å². The van der Waals surface area contributed by atoms with Gasteiger partial charge in [-0.05, 0) is 6.92 Å². The number of aryl methyl sites for hydroxylation is 1. The molecule has 0 radical (unpaired) electrons. The maximum atomic E-state index is 11.7. The monoisotopic (exact) mass is 356 g/mol. The number of hydrogen-bond donors (Lipinski definition) is 2. The molecule has 0 saturated heterocycles. The number of nitrogens with zero attached hydrogens (tertiary/aromatic N) is 5. The first-order valence-corrected chi connectivity index (χ1v) is 8.04. The first-order chi connectivity index (χ1) is 12.5. The predicted molar refractivity (Wildman–Crippen MR) is 93.7 cm³/mol. The molecule has 9 nitrogen and oxygen atoms in total. The number of nitriles is 1. The van der Waals surface area contributed by atoms with E-state index in [9.17, 15) is 10.1 Å². The summed E-state index contributed by atoms with van der Waals surface area (Å²) >= 11 is 0. The summed E-state index contributed by atoms with van der Waals surface area (Å²) in [7, 11) is 0. The molecule has 2 aromatic rings. The molecule has 1 amide bonds. The Kier molecular flexibility index (Phi) is 5.90. The maximum Gasteiger partial charge on any atom is 0.290 e. The largest absolute Gasteiger partial charge is 0.483 e. The van der Waals surface area contributed by atoms with Gasteiger partial charge in [0.1, 0.15) is 17.5 Å². The number of carboxylic acid groups (broad SMARTS) is 1. The van der Waals surface area contributed by atoms with Crippen molar-refractivity contribution < 1.29 is 14.7 Å². The summed E-state index contributed by atoms with van der Waals surface area (Å²) in [6, 6.07) is 2.16. The van der Waals surface area contributed by atoms with Crippen LogP contribution in [-0.2, 0) is 29.1 Å². The van der Waals surface area contributed by atoms with Gasteiger partial charge in [0, 0.05) is 55.9 Å². The predicted octanol–water partition coefficient (Wildman–Crippen LogP) is 1.02. The highest BCUT2D eigenvalue weighted by atomic mass is 16.3. The summed E-state index contributed by atoms with van der Waals surface area (Å²) in [4.78, 5) is 26.2. The van der Waals surface area contributed by atoms with Crippen LogP contribution < -0.4 is 5.73 Å². The molecule has 0 bridgehead atoms. The molecular formula is C17H20N6O3. The van der Waals surface area contributed by atoms with Crippen LogP contribution in [0.5, 0.6) is 0 Å². The zero-order valence-corrected chi connectivity index (χ0v) is 14.6. The van der Waals surface area contributed by atoms with Crippen molar-refractivity contribution in [2.45, 2.75) is 33.4 Å². The Morgan fingerprint density at radius 1 is 1.54 bits per heavy atom. The van der Waals surface area contributed by atoms with Gasteiger partial charge >= 0.3 is 0 Å². The van der Waals surface area contributed by atoms with E-state index in [2.05, 4.69) is 16.2 Å². The van der Waals surface area contributed by atoms with Crippen molar-refractivity contribution in [1.82, 2.24) is 19.7 Å². The highest BCUT2D eigenvalue weighted by Crippen LogP contribution is 2.34. The van der Waals surface area contributed by atoms with E-state index in [0.29, 0.717) is 25.1 Å². The van der Waals surface area contributed by atoms with Gasteiger partial charge in [-0.2, -0.15) is 10.4 Å². The Hall–Kier alpha value is -3.41. The molecule has 9 heteroatoms. The fourth-order valence-corrected chi connectivity index (χ4v) is 2.95. The molecule has 0 atom stereocenters. The Morgan fingerprint density at radius 2 is 2.23 bits per heavy atom. The molecule has 26 heavy (non-hydrogen) atoms. The number of carbonyl (C=O) groups excluding carboxylic acids is 1. The van der Waals surface area contributed by atoms with Gasteiger partial charge in [0.05, 0.1) is 11.9 Å². The summed E-state index contributed by atoms with van der Waals surface area (Å²) in [5.74, 6) is 0.253. The minimum Gasteiger partial charge on any atom is -0.483 e. The molecule has 0 aromatic carbocycles. The molecule has 2 aromatic heterocycles. The summed E-state index contributed by atoms with van der Waals surface area (Å²) in [5, 5.41) is 20.7. The standard InChI is InChI=1S/C16H18N6O.CH2O2/c1-3-22-8-11(7-19-22)15-12(6-17)16(18)20-14-4-5-21(10(2)23)9-13(14)15;2-1-3/h7-8H,3-5,9H2,1-2H3,(H2,18,20);1H,(H,2,3). The van der Waals surface area contributed by atoms with Gasteiger partial charge in [0.15, 0.2) is 0 Å². The van der Waals surface area contributed by atoms with Crippen molar-refractivity contribution in [3.8, 4) is 17.2 Å². The van der Waals surface area contributed by atoms with Gasteiger partial charge in [-0.15, -0.1) is 0 Å². The van der Waals surface area contributed by atoms with E-state index >= 15 is 0 Å². The van der Waals surface area contributed by atoms with Crippen LogP contribution in [0.2, 0.25) is 0 Å². The Labute approximate surface area is 150 Å². The molecule has 3 rings (SSSR count). The molecule has 0 fully saturated rings. The number of fused-ring (bicyclic) bond motifs is 1. The molecule has 0 saturated carbocycles. The normalized spacial score (nSPS) is 12.4. The molecule has 1 aliphatic rings. The van der Waals surface area contributed by atoms with Crippen LogP contribution in [0.15, 0.2) is 12.4 Å². The van der Waals surface area contributed by atoms with Crippen molar-refractivity contribution in [1.29, 1.82) is 5.26 Å². The van der Waals surface area contributed by atoms with Gasteiger partial charge in [0.25, 0.3) is 6.47 Å². The number of hydrogen-bond acceptors (Lipinski definition) is 6. The molecule has 3 heterocycles. The fourth-order valence-electron chi connectivity index (χ4n) is 2.95. The fraction of sp³-hybridized carbons (Fsp3) is 0.353. The van der Waals surface area contributed by atoms with Crippen molar-refractivity contribution in [3.05, 3.63) is 29.2 Å². The number of anilines is 1. The van der Waals surface area contributed by atoms with Crippen molar-refractivity contribution in [2.75, 3.05) is 12.3 Å². The van der Waals surface area contributed by atoms with Gasteiger partial charge in [0.2, 0.25) is 5.91 Å². The number of nitrogens with two attached hydrogens (primary N) is 1. The minimum atomic E-state index is -0.250. The van der Waals surface area contributed by atoms with E-state index in [-0.39, 0.29) is 18.2 Å². The summed E-state index contributed by atoms with van der Waals surface area (Å²) in [6.07, 6.45) is 4.26. The van der Waals surface area contributed by atoms with E-state index in [1.165, 1.54) is 0 Å². The second kappa shape index (κ2) is 8.11. The zero-order chi connectivity index (χ0) is 19.3. The smallest absolute Gasteiger partial charge is 0.290 e. The van der Waals surface area contributed by atoms with Crippen LogP contribution in [-0.4, -0.2) is 43.7 Å². The lowest BCUT2D eigenvalue weighted by molar-refractivity contribution is -0.129. The van der Waals surface area contributed by atoms with Gasteiger partial charge in [-0.25, -0.2) is 4.98 Å². The SMILES string of the molecule is CCn1cc(-c2c(C#N)c(N)nc3c2CN(C(C)=O)CC3)cn1.O=CO. The molecule has 136 valence electrons. The van der Waals surface area contributed by atoms with Crippen LogP contribution >= 0.6 is 0 Å². The third-order valence-corrected chi connectivity index (χ3v) is 4.18. The highest BCUT2D eigenvalue weighted by Gasteiger charge is 2.26. The Balaban J connectivity index is 0.000000758. The van der Waals surface area contributed by atoms with E-state index in [1.54, 1.807) is 22.7 Å². The quantitative estimate of drug-likeness (QED) is 0.766. The number of amides is 1. The topological polar surface area (TPSA) is 138 Å². The van der Waals surface area contributed by atoms with Crippen LogP contribution in [0.25, 0.3) is 11.1 Å². The number of rotatable bonds is 2. The molecule has 0 unspecified atom stereocenters. The molecule has 3 N–H and O–H groups in total. The van der Waals surface area contributed by atoms with Gasteiger partial charge in [-0.1, -0.05) is 0 Å².